The highest BCUT2D eigenvalue weighted by molar-refractivity contribution is 5.94. The number of hydrogen-bond acceptors (Lipinski definition) is 10. The molecule has 262 valence electrons. The number of fused-ring (bicyclic) bond motifs is 1. The molecule has 0 saturated carbocycles. The fraction of sp³-hybridized carbons (Fsp3) is 0.514. The molecule has 2 heterocycles. The second-order valence-electron chi connectivity index (χ2n) is 13.5. The van der Waals surface area contributed by atoms with E-state index in [1.807, 2.05) is 18.2 Å². The van der Waals surface area contributed by atoms with E-state index in [-0.39, 0.29) is 26.2 Å². The van der Waals surface area contributed by atoms with Crippen molar-refractivity contribution in [2.45, 2.75) is 77.8 Å². The van der Waals surface area contributed by atoms with E-state index < -0.39 is 59.1 Å². The van der Waals surface area contributed by atoms with Gasteiger partial charge in [0, 0.05) is 23.6 Å². The van der Waals surface area contributed by atoms with Crippen LogP contribution in [0.25, 0.3) is 16.8 Å². The lowest BCUT2D eigenvalue weighted by Crippen LogP contribution is -2.60. The largest absolute Gasteiger partial charge is 0.496 e. The number of nitrogens with zero attached hydrogens (tertiary/aromatic N) is 2. The summed E-state index contributed by atoms with van der Waals surface area (Å²) in [5.74, 6) is -0.861. The van der Waals surface area contributed by atoms with E-state index in [2.05, 4.69) is 28.8 Å². The van der Waals surface area contributed by atoms with Crippen LogP contribution in [-0.4, -0.2) is 97.6 Å². The van der Waals surface area contributed by atoms with E-state index in [0.29, 0.717) is 17.0 Å². The van der Waals surface area contributed by atoms with Crippen LogP contribution < -0.4 is 20.1 Å². The summed E-state index contributed by atoms with van der Waals surface area (Å²) in [6, 6.07) is 2.23. The SMILES string of the molecule is C=CCOCC(NC(=O)OC(C)(C)C)C(=O)NC(C(=O)N1C[C@H](Oc2nccc3cc(OC)c(C=C)cc23)C[C@H]1C(=O)OC)C(C)(C)C. The Kier molecular flexibility index (Phi) is 12.6. The monoisotopic (exact) mass is 668 g/mol. The number of hydrogen-bond donors (Lipinski definition) is 2. The Morgan fingerprint density at radius 3 is 2.38 bits per heavy atom. The standard InChI is InChI=1S/C35H48N4O9/c1-11-15-46-20-25(37-33(43)48-35(6,7)8)29(40)38-28(34(3,4)5)31(41)39-19-23(18-26(39)32(42)45-10)47-30-24-16-21(12-2)27(44-9)17-22(24)13-14-36-30/h11-14,16-17,23,25-26,28H,1-2,15,18-20H2,3-10H3,(H,37,43)(H,38,40)/t23-,25?,26+,28?/m1/s1. The summed E-state index contributed by atoms with van der Waals surface area (Å²) < 4.78 is 27.7. The van der Waals surface area contributed by atoms with Crippen molar-refractivity contribution in [3.63, 3.8) is 0 Å². The average Bonchev–Trinajstić information content (AvgIpc) is 3.44. The molecule has 3 amide bonds. The summed E-state index contributed by atoms with van der Waals surface area (Å²) in [5.41, 5.74) is -0.879. The first-order chi connectivity index (χ1) is 22.5. The zero-order chi connectivity index (χ0) is 35.8. The highest BCUT2D eigenvalue weighted by Gasteiger charge is 2.47. The van der Waals surface area contributed by atoms with Gasteiger partial charge >= 0.3 is 12.1 Å². The van der Waals surface area contributed by atoms with Crippen molar-refractivity contribution in [2.24, 2.45) is 5.41 Å². The number of likely N-dealkylation sites (tertiary alicyclic amines) is 1. The van der Waals surface area contributed by atoms with Crippen LogP contribution in [0, 0.1) is 5.41 Å². The topological polar surface area (TPSA) is 155 Å². The highest BCUT2D eigenvalue weighted by Crippen LogP contribution is 2.34. The van der Waals surface area contributed by atoms with Crippen LogP contribution in [0.15, 0.2) is 43.6 Å². The minimum atomic E-state index is -1.19. The molecule has 1 saturated heterocycles. The molecule has 2 N–H and O–H groups in total. The molecule has 0 aliphatic carbocycles. The van der Waals surface area contributed by atoms with Crippen LogP contribution in [0.2, 0.25) is 0 Å². The van der Waals surface area contributed by atoms with E-state index >= 15 is 0 Å². The van der Waals surface area contributed by atoms with E-state index in [9.17, 15) is 19.2 Å². The van der Waals surface area contributed by atoms with Gasteiger partial charge in [-0.1, -0.05) is 39.5 Å². The molecule has 1 aliphatic rings. The van der Waals surface area contributed by atoms with Gasteiger partial charge in [-0.25, -0.2) is 14.6 Å². The lowest BCUT2D eigenvalue weighted by molar-refractivity contribution is -0.153. The van der Waals surface area contributed by atoms with Crippen LogP contribution in [0.3, 0.4) is 0 Å². The van der Waals surface area contributed by atoms with Gasteiger partial charge in [0.1, 0.15) is 35.6 Å². The molecule has 0 spiro atoms. The van der Waals surface area contributed by atoms with Gasteiger partial charge in [0.25, 0.3) is 0 Å². The number of nitrogens with one attached hydrogen (secondary N) is 2. The maximum absolute atomic E-state index is 14.3. The Morgan fingerprint density at radius 1 is 1.08 bits per heavy atom. The predicted molar refractivity (Wildman–Crippen MR) is 180 cm³/mol. The van der Waals surface area contributed by atoms with Crippen molar-refractivity contribution < 1.29 is 42.9 Å². The fourth-order valence-electron chi connectivity index (χ4n) is 5.22. The smallest absolute Gasteiger partial charge is 0.408 e. The van der Waals surface area contributed by atoms with Crippen LogP contribution >= 0.6 is 0 Å². The first kappa shape index (κ1) is 37.8. The van der Waals surface area contributed by atoms with Crippen LogP contribution in [-0.2, 0) is 28.6 Å². The Hall–Kier alpha value is -4.65. The van der Waals surface area contributed by atoms with Crippen molar-refractivity contribution >= 4 is 40.7 Å². The van der Waals surface area contributed by atoms with Gasteiger partial charge in [0.05, 0.1) is 34.0 Å². The maximum atomic E-state index is 14.3. The van der Waals surface area contributed by atoms with Crippen molar-refractivity contribution in [3.8, 4) is 11.6 Å². The zero-order valence-corrected chi connectivity index (χ0v) is 29.1. The Balaban J connectivity index is 1.89. The number of methoxy groups -OCH3 is 2. The predicted octanol–water partition coefficient (Wildman–Crippen LogP) is 4.03. The molecule has 13 heteroatoms. The molecular formula is C35H48N4O9. The second-order valence-corrected chi connectivity index (χ2v) is 13.5. The molecule has 4 atom stereocenters. The van der Waals surface area contributed by atoms with E-state index in [0.717, 1.165) is 10.9 Å². The summed E-state index contributed by atoms with van der Waals surface area (Å²) >= 11 is 0. The molecule has 3 rings (SSSR count). The molecule has 0 radical (unpaired) electrons. The lowest BCUT2D eigenvalue weighted by Gasteiger charge is -2.35. The van der Waals surface area contributed by atoms with Gasteiger partial charge in [-0.3, -0.25) is 9.59 Å². The molecule has 1 fully saturated rings. The molecule has 1 aliphatic heterocycles. The molecule has 1 aromatic carbocycles. The number of ether oxygens (including phenoxy) is 5. The zero-order valence-electron chi connectivity index (χ0n) is 29.1. The van der Waals surface area contributed by atoms with Gasteiger partial charge in [-0.05, 0) is 49.8 Å². The van der Waals surface area contributed by atoms with E-state index in [1.54, 1.807) is 60.9 Å². The quantitative estimate of drug-likeness (QED) is 0.182. The third-order valence-electron chi connectivity index (χ3n) is 7.52. The number of rotatable bonds is 13. The van der Waals surface area contributed by atoms with E-state index in [4.69, 9.17) is 23.7 Å². The van der Waals surface area contributed by atoms with E-state index in [1.165, 1.54) is 18.1 Å². The summed E-state index contributed by atoms with van der Waals surface area (Å²) in [6.45, 7) is 17.8. The van der Waals surface area contributed by atoms with Crippen LogP contribution in [0.5, 0.6) is 11.6 Å². The first-order valence-electron chi connectivity index (χ1n) is 15.7. The number of pyridine rings is 1. The summed E-state index contributed by atoms with van der Waals surface area (Å²) in [5, 5.41) is 6.83. The molecule has 48 heavy (non-hydrogen) atoms. The third kappa shape index (κ3) is 9.69. The number of benzene rings is 1. The molecule has 2 unspecified atom stereocenters. The highest BCUT2D eigenvalue weighted by atomic mass is 16.6. The molecule has 2 aromatic rings. The van der Waals surface area contributed by atoms with Crippen molar-refractivity contribution in [1.82, 2.24) is 20.5 Å². The lowest BCUT2D eigenvalue weighted by atomic mass is 9.85. The number of esters is 1. The summed E-state index contributed by atoms with van der Waals surface area (Å²) in [6.07, 6.45) is 3.45. The number of amides is 3. The molecule has 0 bridgehead atoms. The number of carbonyl (C=O) groups is 4. The van der Waals surface area contributed by atoms with Gasteiger partial charge in [-0.2, -0.15) is 0 Å². The van der Waals surface area contributed by atoms with Gasteiger partial charge in [0.15, 0.2) is 0 Å². The maximum Gasteiger partial charge on any atom is 0.408 e. The Bertz CT molecular complexity index is 1510. The third-order valence-corrected chi connectivity index (χ3v) is 7.52. The fourth-order valence-corrected chi connectivity index (χ4v) is 5.22. The normalized spacial score (nSPS) is 17.5. The summed E-state index contributed by atoms with van der Waals surface area (Å²) in [7, 11) is 2.82. The van der Waals surface area contributed by atoms with Gasteiger partial charge in [0.2, 0.25) is 17.7 Å². The molecular weight excluding hydrogens is 620 g/mol. The molecule has 13 nitrogen and oxygen atoms in total. The number of aromatic nitrogens is 1. The minimum Gasteiger partial charge on any atom is -0.496 e. The van der Waals surface area contributed by atoms with Crippen LogP contribution in [0.4, 0.5) is 4.79 Å². The number of alkyl carbamates (subject to hydrolysis) is 1. The Labute approximate surface area is 282 Å². The summed E-state index contributed by atoms with van der Waals surface area (Å²) in [4.78, 5) is 59.2. The number of carbonyl (C=O) groups excluding carboxylic acids is 4. The van der Waals surface area contributed by atoms with Crippen molar-refractivity contribution in [2.75, 3.05) is 34.0 Å². The Morgan fingerprint density at radius 2 is 1.79 bits per heavy atom. The van der Waals surface area contributed by atoms with Gasteiger partial charge in [-0.15, -0.1) is 6.58 Å². The molecule has 1 aromatic heterocycles. The second kappa shape index (κ2) is 16.0. The minimum absolute atomic E-state index is 0.0195. The van der Waals surface area contributed by atoms with Crippen LogP contribution in [0.1, 0.15) is 53.5 Å². The average molecular weight is 669 g/mol. The van der Waals surface area contributed by atoms with Crippen molar-refractivity contribution in [1.29, 1.82) is 0 Å². The first-order valence-corrected chi connectivity index (χ1v) is 15.7. The van der Waals surface area contributed by atoms with Crippen molar-refractivity contribution in [3.05, 3.63) is 49.2 Å². The van der Waals surface area contributed by atoms with Gasteiger partial charge < -0.3 is 39.2 Å².